The Morgan fingerprint density at radius 1 is 1.70 bits per heavy atom. The van der Waals surface area contributed by atoms with Crippen LogP contribution in [0.3, 0.4) is 0 Å². The Hall–Kier alpha value is -0.410. The van der Waals surface area contributed by atoms with Crippen LogP contribution < -0.4 is 5.73 Å². The van der Waals surface area contributed by atoms with Crippen molar-refractivity contribution in [1.29, 1.82) is 0 Å². The van der Waals surface area contributed by atoms with E-state index in [2.05, 4.69) is 0 Å². The number of aldehydes is 1. The van der Waals surface area contributed by atoms with Crippen LogP contribution in [0.15, 0.2) is 0 Å². The molecule has 0 rings (SSSR count). The van der Waals surface area contributed by atoms with Crippen molar-refractivity contribution in [1.82, 2.24) is 0 Å². The summed E-state index contributed by atoms with van der Waals surface area (Å²) in [7, 11) is 1.60. The Morgan fingerprint density at radius 2 is 2.20 bits per heavy atom. The quantitative estimate of drug-likeness (QED) is 0.574. The maximum absolute atomic E-state index is 10.2. The Kier molecular flexibility index (Phi) is 3.53. The van der Waals surface area contributed by atoms with Gasteiger partial charge in [-0.3, -0.25) is 0 Å². The van der Waals surface area contributed by atoms with Crippen molar-refractivity contribution in [3.05, 3.63) is 0 Å². The first-order valence-corrected chi connectivity index (χ1v) is 3.24. The molecule has 60 valence electrons. The Balaban J connectivity index is 3.94. The first kappa shape index (κ1) is 9.59. The van der Waals surface area contributed by atoms with Gasteiger partial charge in [-0.15, -0.1) is 0 Å². The lowest BCUT2D eigenvalue weighted by atomic mass is 9.87. The van der Waals surface area contributed by atoms with E-state index in [4.69, 9.17) is 10.5 Å². The van der Waals surface area contributed by atoms with Crippen LogP contribution in [0.4, 0.5) is 0 Å². The molecular formula is C7H15NO2. The SMILES string of the molecule is COCC(C)(C)C(N)C=O. The van der Waals surface area contributed by atoms with Crippen molar-refractivity contribution in [2.45, 2.75) is 19.9 Å². The number of ether oxygens (including phenoxy) is 1. The molecule has 1 atom stereocenters. The first-order valence-electron chi connectivity index (χ1n) is 3.24. The van der Waals surface area contributed by atoms with Gasteiger partial charge < -0.3 is 15.3 Å². The molecule has 0 bridgehead atoms. The van der Waals surface area contributed by atoms with Gasteiger partial charge in [0.25, 0.3) is 0 Å². The minimum absolute atomic E-state index is 0.253. The first-order chi connectivity index (χ1) is 4.54. The molecule has 0 saturated heterocycles. The summed E-state index contributed by atoms with van der Waals surface area (Å²) >= 11 is 0. The fourth-order valence-corrected chi connectivity index (χ4v) is 0.652. The number of hydrogen-bond donors (Lipinski definition) is 1. The number of rotatable bonds is 4. The molecule has 0 fully saturated rings. The van der Waals surface area contributed by atoms with Gasteiger partial charge >= 0.3 is 0 Å². The molecule has 0 aliphatic rings. The highest BCUT2D eigenvalue weighted by molar-refractivity contribution is 5.58. The maximum atomic E-state index is 10.2. The summed E-state index contributed by atoms with van der Waals surface area (Å²) in [6.45, 7) is 4.30. The van der Waals surface area contributed by atoms with Crippen molar-refractivity contribution >= 4 is 6.29 Å². The van der Waals surface area contributed by atoms with Crippen molar-refractivity contribution < 1.29 is 9.53 Å². The van der Waals surface area contributed by atoms with Crippen LogP contribution in [0, 0.1) is 5.41 Å². The van der Waals surface area contributed by atoms with Gasteiger partial charge in [0, 0.05) is 12.5 Å². The third-order valence-electron chi connectivity index (χ3n) is 1.57. The molecule has 0 radical (unpaired) electrons. The van der Waals surface area contributed by atoms with Gasteiger partial charge in [0.15, 0.2) is 0 Å². The largest absolute Gasteiger partial charge is 0.384 e. The molecule has 0 heterocycles. The third-order valence-corrected chi connectivity index (χ3v) is 1.57. The molecule has 0 amide bonds. The summed E-state index contributed by atoms with van der Waals surface area (Å²) in [5, 5.41) is 0. The molecule has 0 saturated carbocycles. The Bertz CT molecular complexity index is 112. The molecule has 3 nitrogen and oxygen atoms in total. The molecule has 0 aromatic heterocycles. The van der Waals surface area contributed by atoms with Gasteiger partial charge in [0.05, 0.1) is 12.6 Å². The predicted octanol–water partition coefficient (Wildman–Crippen LogP) is 0.185. The zero-order valence-corrected chi connectivity index (χ0v) is 6.76. The average Bonchev–Trinajstić information content (AvgIpc) is 1.86. The van der Waals surface area contributed by atoms with Gasteiger partial charge in [-0.05, 0) is 0 Å². The van der Waals surface area contributed by atoms with E-state index in [0.717, 1.165) is 6.29 Å². The molecule has 0 aliphatic carbocycles. The van der Waals surface area contributed by atoms with Gasteiger partial charge in [-0.1, -0.05) is 13.8 Å². The van der Waals surface area contributed by atoms with E-state index in [0.29, 0.717) is 6.61 Å². The monoisotopic (exact) mass is 145 g/mol. The molecule has 0 aliphatic heterocycles. The molecule has 1 unspecified atom stereocenters. The van der Waals surface area contributed by atoms with E-state index in [1.807, 2.05) is 13.8 Å². The van der Waals surface area contributed by atoms with Crippen molar-refractivity contribution in [3.8, 4) is 0 Å². The van der Waals surface area contributed by atoms with E-state index < -0.39 is 6.04 Å². The predicted molar refractivity (Wildman–Crippen MR) is 39.7 cm³/mol. The highest BCUT2D eigenvalue weighted by Crippen LogP contribution is 2.17. The summed E-state index contributed by atoms with van der Waals surface area (Å²) in [5.74, 6) is 0. The molecule has 10 heavy (non-hydrogen) atoms. The lowest BCUT2D eigenvalue weighted by molar-refractivity contribution is -0.111. The van der Waals surface area contributed by atoms with Crippen LogP contribution in [0.5, 0.6) is 0 Å². The van der Waals surface area contributed by atoms with Crippen molar-refractivity contribution in [2.24, 2.45) is 11.1 Å². The molecule has 2 N–H and O–H groups in total. The van der Waals surface area contributed by atoms with Gasteiger partial charge in [0.1, 0.15) is 6.29 Å². The number of carbonyl (C=O) groups is 1. The lowest BCUT2D eigenvalue weighted by Crippen LogP contribution is -2.41. The number of hydrogen-bond acceptors (Lipinski definition) is 3. The molecule has 0 aromatic carbocycles. The highest BCUT2D eigenvalue weighted by atomic mass is 16.5. The average molecular weight is 145 g/mol. The summed E-state index contributed by atoms with van der Waals surface area (Å²) in [6.07, 6.45) is 0.749. The minimum Gasteiger partial charge on any atom is -0.384 e. The molecule has 0 aromatic rings. The fourth-order valence-electron chi connectivity index (χ4n) is 0.652. The second-order valence-electron chi connectivity index (χ2n) is 3.08. The molecule has 3 heteroatoms. The third kappa shape index (κ3) is 2.45. The zero-order valence-electron chi connectivity index (χ0n) is 6.76. The topological polar surface area (TPSA) is 52.3 Å². The second kappa shape index (κ2) is 3.68. The van der Waals surface area contributed by atoms with Crippen LogP contribution in [0.25, 0.3) is 0 Å². The van der Waals surface area contributed by atoms with Gasteiger partial charge in [0.2, 0.25) is 0 Å². The van der Waals surface area contributed by atoms with Crippen LogP contribution in [0.1, 0.15) is 13.8 Å². The van der Waals surface area contributed by atoms with E-state index in [-0.39, 0.29) is 5.41 Å². The summed E-state index contributed by atoms with van der Waals surface area (Å²) in [5.41, 5.74) is 5.24. The molecule has 0 spiro atoms. The van der Waals surface area contributed by atoms with Crippen LogP contribution in [0.2, 0.25) is 0 Å². The zero-order chi connectivity index (χ0) is 8.20. The maximum Gasteiger partial charge on any atom is 0.137 e. The van der Waals surface area contributed by atoms with E-state index in [1.165, 1.54) is 0 Å². The summed E-state index contributed by atoms with van der Waals surface area (Å²) in [4.78, 5) is 10.2. The highest BCUT2D eigenvalue weighted by Gasteiger charge is 2.25. The molecular weight excluding hydrogens is 130 g/mol. The van der Waals surface area contributed by atoms with Crippen LogP contribution >= 0.6 is 0 Å². The minimum atomic E-state index is -0.438. The van der Waals surface area contributed by atoms with E-state index >= 15 is 0 Å². The number of nitrogens with two attached hydrogens (primary N) is 1. The smallest absolute Gasteiger partial charge is 0.137 e. The fraction of sp³-hybridized carbons (Fsp3) is 0.857. The second-order valence-corrected chi connectivity index (χ2v) is 3.08. The standard InChI is InChI=1S/C7H15NO2/c1-7(2,5-10-3)6(8)4-9/h4,6H,5,8H2,1-3H3. The number of methoxy groups -OCH3 is 1. The van der Waals surface area contributed by atoms with Gasteiger partial charge in [-0.2, -0.15) is 0 Å². The van der Waals surface area contributed by atoms with Crippen molar-refractivity contribution in [3.63, 3.8) is 0 Å². The normalized spacial score (nSPS) is 14.8. The lowest BCUT2D eigenvalue weighted by Gasteiger charge is -2.26. The van der Waals surface area contributed by atoms with Crippen LogP contribution in [-0.2, 0) is 9.53 Å². The van der Waals surface area contributed by atoms with Crippen LogP contribution in [-0.4, -0.2) is 26.0 Å². The van der Waals surface area contributed by atoms with Crippen molar-refractivity contribution in [2.75, 3.05) is 13.7 Å². The number of carbonyl (C=O) groups excluding carboxylic acids is 1. The van der Waals surface area contributed by atoms with E-state index in [9.17, 15) is 4.79 Å². The Labute approximate surface area is 61.5 Å². The summed E-state index contributed by atoms with van der Waals surface area (Å²) in [6, 6.07) is -0.438. The Morgan fingerprint density at radius 3 is 2.50 bits per heavy atom. The summed E-state index contributed by atoms with van der Waals surface area (Å²) < 4.78 is 4.89. The van der Waals surface area contributed by atoms with Gasteiger partial charge in [-0.25, -0.2) is 0 Å². The van der Waals surface area contributed by atoms with E-state index in [1.54, 1.807) is 7.11 Å².